The Morgan fingerprint density at radius 1 is 1.05 bits per heavy atom. The molecule has 4 nitrogen and oxygen atoms in total. The van der Waals surface area contributed by atoms with Crippen LogP contribution in [0.1, 0.15) is 85.6 Å². The van der Waals surface area contributed by atoms with Gasteiger partial charge in [-0.05, 0) is 36.6 Å². The van der Waals surface area contributed by atoms with Crippen LogP contribution in [0.5, 0.6) is 0 Å². The smallest absolute Gasteiger partial charge is 0.233 e. The van der Waals surface area contributed by atoms with E-state index in [9.17, 15) is 0 Å². The van der Waals surface area contributed by atoms with E-state index in [2.05, 4.69) is 64.0 Å². The van der Waals surface area contributed by atoms with Crippen molar-refractivity contribution in [3.8, 4) is 0 Å². The molecule has 4 heteroatoms. The summed E-state index contributed by atoms with van der Waals surface area (Å²) in [4.78, 5) is 0. The van der Waals surface area contributed by atoms with Gasteiger partial charge in [0.15, 0.2) is 0 Å². The largest absolute Gasteiger partial charge is 0.424 e. The Bertz CT molecular complexity index is 412. The standard InChI is InChI=1S/C17H33N3O/c1-8-13(18-11-9-10-16(2,3)4)15-20-19-14(21-15)12-17(5,6)7/h13,18H,8-12H2,1-7H3. The number of nitrogens with zero attached hydrogens (tertiary/aromatic N) is 2. The van der Waals surface area contributed by atoms with Crippen LogP contribution in [0.15, 0.2) is 4.42 Å². The summed E-state index contributed by atoms with van der Waals surface area (Å²) >= 11 is 0. The molecule has 0 saturated carbocycles. The molecule has 122 valence electrons. The molecule has 1 rings (SSSR count). The van der Waals surface area contributed by atoms with Gasteiger partial charge >= 0.3 is 0 Å². The summed E-state index contributed by atoms with van der Waals surface area (Å²) in [5, 5.41) is 11.9. The lowest BCUT2D eigenvalue weighted by atomic mass is 9.90. The van der Waals surface area contributed by atoms with Crippen LogP contribution in [-0.2, 0) is 6.42 Å². The van der Waals surface area contributed by atoms with Gasteiger partial charge in [-0.2, -0.15) is 0 Å². The maximum Gasteiger partial charge on any atom is 0.233 e. The van der Waals surface area contributed by atoms with Crippen LogP contribution in [0.2, 0.25) is 0 Å². The van der Waals surface area contributed by atoms with E-state index in [0.717, 1.165) is 31.2 Å². The Hall–Kier alpha value is -0.900. The number of hydrogen-bond acceptors (Lipinski definition) is 4. The average Bonchev–Trinajstić information content (AvgIpc) is 2.73. The van der Waals surface area contributed by atoms with E-state index in [1.54, 1.807) is 0 Å². The van der Waals surface area contributed by atoms with Crippen LogP contribution < -0.4 is 5.32 Å². The van der Waals surface area contributed by atoms with E-state index < -0.39 is 0 Å². The molecule has 1 unspecified atom stereocenters. The molecular weight excluding hydrogens is 262 g/mol. The predicted molar refractivity (Wildman–Crippen MR) is 87.2 cm³/mol. The van der Waals surface area contributed by atoms with Crippen molar-refractivity contribution in [2.75, 3.05) is 6.54 Å². The van der Waals surface area contributed by atoms with Gasteiger partial charge in [0.1, 0.15) is 0 Å². The van der Waals surface area contributed by atoms with E-state index in [4.69, 9.17) is 4.42 Å². The van der Waals surface area contributed by atoms with Gasteiger partial charge in [0, 0.05) is 6.42 Å². The second-order valence-corrected chi connectivity index (χ2v) is 8.35. The van der Waals surface area contributed by atoms with Gasteiger partial charge in [0.05, 0.1) is 6.04 Å². The first-order chi connectivity index (χ1) is 9.61. The average molecular weight is 295 g/mol. The van der Waals surface area contributed by atoms with Crippen LogP contribution in [0.25, 0.3) is 0 Å². The summed E-state index contributed by atoms with van der Waals surface area (Å²) in [6.07, 6.45) is 4.17. The Balaban J connectivity index is 2.49. The van der Waals surface area contributed by atoms with Crippen molar-refractivity contribution in [1.29, 1.82) is 0 Å². The fourth-order valence-corrected chi connectivity index (χ4v) is 2.23. The Morgan fingerprint density at radius 3 is 2.24 bits per heavy atom. The SMILES string of the molecule is CCC(NCCCC(C)(C)C)c1nnc(CC(C)(C)C)o1. The van der Waals surface area contributed by atoms with Crippen molar-refractivity contribution >= 4 is 0 Å². The van der Waals surface area contributed by atoms with E-state index >= 15 is 0 Å². The summed E-state index contributed by atoms with van der Waals surface area (Å²) in [5.41, 5.74) is 0.569. The molecule has 21 heavy (non-hydrogen) atoms. The number of hydrogen-bond donors (Lipinski definition) is 1. The molecule has 0 radical (unpaired) electrons. The van der Waals surface area contributed by atoms with Gasteiger partial charge < -0.3 is 9.73 Å². The number of aromatic nitrogens is 2. The molecule has 0 bridgehead atoms. The monoisotopic (exact) mass is 295 g/mol. The lowest BCUT2D eigenvalue weighted by Gasteiger charge is -2.19. The normalized spacial score (nSPS) is 14.4. The van der Waals surface area contributed by atoms with Crippen molar-refractivity contribution in [3.05, 3.63) is 11.8 Å². The first kappa shape index (κ1) is 18.1. The highest BCUT2D eigenvalue weighted by Gasteiger charge is 2.20. The summed E-state index contributed by atoms with van der Waals surface area (Å²) in [6, 6.07) is 0.172. The first-order valence-corrected chi connectivity index (χ1v) is 8.16. The van der Waals surface area contributed by atoms with E-state index in [-0.39, 0.29) is 11.5 Å². The van der Waals surface area contributed by atoms with Crippen LogP contribution in [0.3, 0.4) is 0 Å². The molecule has 0 amide bonds. The molecule has 0 saturated heterocycles. The second kappa shape index (κ2) is 7.39. The second-order valence-electron chi connectivity index (χ2n) is 8.35. The summed E-state index contributed by atoms with van der Waals surface area (Å²) in [6.45, 7) is 16.5. The Labute approximate surface area is 130 Å². The minimum Gasteiger partial charge on any atom is -0.424 e. The van der Waals surface area contributed by atoms with Gasteiger partial charge in [-0.1, -0.05) is 48.5 Å². The third-order valence-corrected chi connectivity index (χ3v) is 3.36. The molecule has 1 aromatic rings. The van der Waals surface area contributed by atoms with Crippen molar-refractivity contribution < 1.29 is 4.42 Å². The molecule has 0 aromatic carbocycles. The summed E-state index contributed by atoms with van der Waals surface area (Å²) < 4.78 is 5.83. The molecule has 0 aliphatic rings. The fraction of sp³-hybridized carbons (Fsp3) is 0.882. The van der Waals surface area contributed by atoms with Crippen molar-refractivity contribution in [2.45, 2.75) is 80.2 Å². The van der Waals surface area contributed by atoms with Gasteiger partial charge in [-0.25, -0.2) is 0 Å². The molecule has 1 N–H and O–H groups in total. The number of nitrogens with one attached hydrogen (secondary N) is 1. The molecule has 1 atom stereocenters. The fourth-order valence-electron chi connectivity index (χ4n) is 2.23. The third-order valence-electron chi connectivity index (χ3n) is 3.36. The van der Waals surface area contributed by atoms with Crippen molar-refractivity contribution in [2.24, 2.45) is 10.8 Å². The molecular formula is C17H33N3O. The molecule has 1 aromatic heterocycles. The summed E-state index contributed by atoms with van der Waals surface area (Å²) in [7, 11) is 0. The maximum atomic E-state index is 5.83. The predicted octanol–water partition coefficient (Wildman–Crippen LogP) is 4.53. The minimum absolute atomic E-state index is 0.172. The van der Waals surface area contributed by atoms with Gasteiger partial charge in [0.25, 0.3) is 0 Å². The van der Waals surface area contributed by atoms with Crippen molar-refractivity contribution in [1.82, 2.24) is 15.5 Å². The zero-order valence-corrected chi connectivity index (χ0v) is 14.9. The highest BCUT2D eigenvalue weighted by molar-refractivity contribution is 4.91. The summed E-state index contributed by atoms with van der Waals surface area (Å²) in [5.74, 6) is 1.47. The van der Waals surface area contributed by atoms with Gasteiger partial charge in [0.2, 0.25) is 11.8 Å². The molecule has 1 heterocycles. The Kier molecular flexibility index (Phi) is 6.39. The van der Waals surface area contributed by atoms with Crippen LogP contribution >= 0.6 is 0 Å². The van der Waals surface area contributed by atoms with Crippen molar-refractivity contribution in [3.63, 3.8) is 0 Å². The lowest BCUT2D eigenvalue weighted by molar-refractivity contribution is 0.317. The van der Waals surface area contributed by atoms with E-state index in [0.29, 0.717) is 5.41 Å². The lowest BCUT2D eigenvalue weighted by Crippen LogP contribution is -2.23. The van der Waals surface area contributed by atoms with Crippen LogP contribution in [0, 0.1) is 10.8 Å². The Morgan fingerprint density at radius 2 is 1.71 bits per heavy atom. The maximum absolute atomic E-state index is 5.83. The highest BCUT2D eigenvalue weighted by atomic mass is 16.4. The van der Waals surface area contributed by atoms with Crippen LogP contribution in [0.4, 0.5) is 0 Å². The highest BCUT2D eigenvalue weighted by Crippen LogP contribution is 2.23. The third kappa shape index (κ3) is 7.60. The molecule has 0 fully saturated rings. The molecule has 0 aliphatic carbocycles. The molecule has 0 spiro atoms. The topological polar surface area (TPSA) is 51.0 Å². The van der Waals surface area contributed by atoms with E-state index in [1.807, 2.05) is 0 Å². The zero-order chi connectivity index (χ0) is 16.1. The number of rotatable bonds is 7. The quantitative estimate of drug-likeness (QED) is 0.751. The van der Waals surface area contributed by atoms with Crippen LogP contribution in [-0.4, -0.2) is 16.7 Å². The molecule has 0 aliphatic heterocycles. The van der Waals surface area contributed by atoms with E-state index in [1.165, 1.54) is 12.8 Å². The minimum atomic E-state index is 0.172. The first-order valence-electron chi connectivity index (χ1n) is 8.16. The van der Waals surface area contributed by atoms with Gasteiger partial charge in [-0.15, -0.1) is 10.2 Å². The van der Waals surface area contributed by atoms with Gasteiger partial charge in [-0.3, -0.25) is 0 Å². The zero-order valence-electron chi connectivity index (χ0n) is 14.9.